The van der Waals surface area contributed by atoms with Gasteiger partial charge in [-0.15, -0.1) is 11.6 Å². The number of rotatable bonds is 10. The number of fused-ring (bicyclic) bond motifs is 1. The molecule has 4 aromatic carbocycles. The van der Waals surface area contributed by atoms with Gasteiger partial charge in [0.05, 0.1) is 0 Å². The minimum Gasteiger partial charge on any atom is -0.340 e. The molecule has 0 N–H and O–H groups in total. The lowest BCUT2D eigenvalue weighted by molar-refractivity contribution is 0.361. The summed E-state index contributed by atoms with van der Waals surface area (Å²) in [5, 5.41) is 0. The van der Waals surface area contributed by atoms with Crippen molar-refractivity contribution in [3.8, 4) is 0 Å². The van der Waals surface area contributed by atoms with Crippen LogP contribution >= 0.6 is 23.5 Å². The van der Waals surface area contributed by atoms with E-state index in [9.17, 15) is 22.0 Å². The molecule has 0 aliphatic heterocycles. The minimum absolute atomic E-state index is 0.0301. The smallest absolute Gasteiger partial charge is 0.162 e. The Balaban J connectivity index is 0.000000411. The molecule has 2 aliphatic rings. The number of hydrogen-bond donors (Lipinski definition) is 0. The van der Waals surface area contributed by atoms with E-state index in [4.69, 9.17) is 0 Å². The second-order valence-electron chi connectivity index (χ2n) is 14.7. The van der Waals surface area contributed by atoms with Gasteiger partial charge in [0.25, 0.3) is 0 Å². The van der Waals surface area contributed by atoms with Crippen LogP contribution in [0.15, 0.2) is 85.6 Å². The third-order valence-corrected chi connectivity index (χ3v) is 10.5. The second-order valence-corrected chi connectivity index (χ2v) is 15.6. The predicted molar refractivity (Wildman–Crippen MR) is 214 cm³/mol. The third-order valence-electron chi connectivity index (χ3n) is 9.75. The number of allylic oxidation sites excluding steroid dienone is 1. The molecule has 2 nitrogen and oxygen atoms in total. The van der Waals surface area contributed by atoms with Crippen molar-refractivity contribution < 1.29 is 22.0 Å². The maximum absolute atomic E-state index is 15.0. The Labute approximate surface area is 321 Å². The lowest BCUT2D eigenvalue weighted by Crippen LogP contribution is -2.29. The Morgan fingerprint density at radius 2 is 1.51 bits per heavy atom. The number of alkyl halides is 2. The van der Waals surface area contributed by atoms with Crippen molar-refractivity contribution >= 4 is 34.8 Å². The monoisotopic (exact) mass is 768 g/mol. The van der Waals surface area contributed by atoms with E-state index in [0.29, 0.717) is 38.0 Å². The summed E-state index contributed by atoms with van der Waals surface area (Å²) < 4.78 is 68.3. The van der Waals surface area contributed by atoms with Crippen LogP contribution in [0.2, 0.25) is 0 Å². The van der Waals surface area contributed by atoms with Gasteiger partial charge in [-0.2, -0.15) is 0 Å². The standard InChI is InChI=1S/C35H40F2N2S.C8H7F3.CH3Cl/c1-23-15-34(37)33-19-31(13-14-32(23)33)39(24(2)20-38(40-6)21-25-7-11-30(36)12-8-25)22-26-16-28(27-9-10-27)18-29(17-26)35(3,4)5;1-4-5(2)8(11)7(10)3-6(4)9;1-2/h7-8,11-14,16-19,27,34H,1-2,9-10,15,20-22H2,3-6H3;3H,1-2H3;1H3. The molecule has 53 heavy (non-hydrogen) atoms. The van der Waals surface area contributed by atoms with E-state index in [1.807, 2.05) is 30.5 Å². The van der Waals surface area contributed by atoms with Crippen LogP contribution in [0, 0.1) is 37.1 Å². The second kappa shape index (κ2) is 18.2. The summed E-state index contributed by atoms with van der Waals surface area (Å²) in [4.78, 5) is 2.24. The highest BCUT2D eigenvalue weighted by atomic mass is 35.5. The Kier molecular flexibility index (Phi) is 14.4. The fourth-order valence-electron chi connectivity index (χ4n) is 6.27. The molecule has 0 spiro atoms. The molecule has 0 amide bonds. The summed E-state index contributed by atoms with van der Waals surface area (Å²) in [6.45, 7) is 20.1. The summed E-state index contributed by atoms with van der Waals surface area (Å²) in [6, 6.07) is 20.3. The molecule has 1 fully saturated rings. The van der Waals surface area contributed by atoms with E-state index in [-0.39, 0.29) is 22.4 Å². The number of nitrogens with zero attached hydrogens (tertiary/aromatic N) is 2. The first-order valence-corrected chi connectivity index (χ1v) is 19.6. The Bertz CT molecular complexity index is 1890. The maximum Gasteiger partial charge on any atom is 0.162 e. The highest BCUT2D eigenvalue weighted by Gasteiger charge is 2.29. The first kappa shape index (κ1) is 42.2. The SMILES string of the molecule is C=C1CC(F)c2cc(N(Cc3cc(C4CC4)cc(C(C)(C)C)c3)C(=C)CN(Cc3ccc(F)cc3)SC)ccc21.CCl.Cc1c(F)cc(F)c(F)c1C. The van der Waals surface area contributed by atoms with Crippen LogP contribution in [0.4, 0.5) is 27.6 Å². The molecule has 0 saturated heterocycles. The minimum atomic E-state index is -1.13. The van der Waals surface area contributed by atoms with Gasteiger partial charge in [-0.25, -0.2) is 26.3 Å². The molecular formula is C44H50ClF5N2S. The summed E-state index contributed by atoms with van der Waals surface area (Å²) in [6.07, 6.45) is 5.36. The van der Waals surface area contributed by atoms with Crippen molar-refractivity contribution in [2.75, 3.05) is 24.1 Å². The fourth-order valence-corrected chi connectivity index (χ4v) is 6.83. The number of benzene rings is 4. The van der Waals surface area contributed by atoms with Crippen LogP contribution in [0.25, 0.3) is 5.57 Å². The zero-order valence-corrected chi connectivity index (χ0v) is 33.3. The van der Waals surface area contributed by atoms with E-state index in [2.05, 4.69) is 79.0 Å². The molecular weight excluding hydrogens is 719 g/mol. The molecule has 2 aliphatic carbocycles. The van der Waals surface area contributed by atoms with Crippen molar-refractivity contribution in [3.63, 3.8) is 0 Å². The molecule has 1 unspecified atom stereocenters. The zero-order valence-electron chi connectivity index (χ0n) is 31.7. The van der Waals surface area contributed by atoms with Crippen molar-refractivity contribution in [1.82, 2.24) is 4.31 Å². The van der Waals surface area contributed by atoms with E-state index in [0.717, 1.165) is 33.6 Å². The van der Waals surface area contributed by atoms with Gasteiger partial charge in [-0.05, 0) is 119 Å². The predicted octanol–water partition coefficient (Wildman–Crippen LogP) is 13.3. The van der Waals surface area contributed by atoms with Gasteiger partial charge in [-0.1, -0.05) is 82.3 Å². The maximum atomic E-state index is 15.0. The summed E-state index contributed by atoms with van der Waals surface area (Å²) in [5.74, 6) is -2.39. The molecule has 0 bridgehead atoms. The van der Waals surface area contributed by atoms with Gasteiger partial charge >= 0.3 is 0 Å². The summed E-state index contributed by atoms with van der Waals surface area (Å²) in [5.41, 5.74) is 9.65. The molecule has 284 valence electrons. The van der Waals surface area contributed by atoms with Crippen LogP contribution in [0.3, 0.4) is 0 Å². The van der Waals surface area contributed by atoms with E-state index in [1.54, 1.807) is 11.9 Å². The van der Waals surface area contributed by atoms with Crippen LogP contribution in [-0.4, -0.2) is 23.5 Å². The molecule has 9 heteroatoms. The first-order chi connectivity index (χ1) is 25.0. The quantitative estimate of drug-likeness (QED) is 0.0687. The normalized spacial score (nSPS) is 15.0. The Morgan fingerprint density at radius 1 is 0.849 bits per heavy atom. The van der Waals surface area contributed by atoms with Gasteiger partial charge < -0.3 is 4.90 Å². The van der Waals surface area contributed by atoms with Crippen molar-refractivity contribution in [2.24, 2.45) is 0 Å². The largest absolute Gasteiger partial charge is 0.340 e. The number of halogens is 6. The topological polar surface area (TPSA) is 6.48 Å². The molecule has 4 aromatic rings. The van der Waals surface area contributed by atoms with Crippen LogP contribution < -0.4 is 4.90 Å². The molecule has 0 aromatic heterocycles. The average molecular weight is 769 g/mol. The molecule has 1 atom stereocenters. The Morgan fingerprint density at radius 3 is 2.11 bits per heavy atom. The summed E-state index contributed by atoms with van der Waals surface area (Å²) >= 11 is 6.28. The molecule has 1 saturated carbocycles. The van der Waals surface area contributed by atoms with E-state index >= 15 is 0 Å². The Hall–Kier alpha value is -3.59. The number of anilines is 1. The van der Waals surface area contributed by atoms with Gasteiger partial charge in [0, 0.05) is 49.9 Å². The molecule has 0 heterocycles. The van der Waals surface area contributed by atoms with Gasteiger partial charge in [0.2, 0.25) is 0 Å². The van der Waals surface area contributed by atoms with Crippen molar-refractivity contribution in [3.05, 3.63) is 153 Å². The number of hydrogen-bond acceptors (Lipinski definition) is 3. The highest BCUT2D eigenvalue weighted by Crippen LogP contribution is 2.44. The summed E-state index contributed by atoms with van der Waals surface area (Å²) in [7, 11) is 0. The van der Waals surface area contributed by atoms with Gasteiger partial charge in [0.1, 0.15) is 17.8 Å². The fraction of sp³-hybridized carbons (Fsp3) is 0.364. The first-order valence-electron chi connectivity index (χ1n) is 17.6. The molecule has 0 radical (unpaired) electrons. The van der Waals surface area contributed by atoms with Crippen LogP contribution in [-0.2, 0) is 18.5 Å². The van der Waals surface area contributed by atoms with Crippen LogP contribution in [0.1, 0.15) is 96.6 Å². The van der Waals surface area contributed by atoms with E-state index < -0.39 is 23.6 Å². The van der Waals surface area contributed by atoms with Gasteiger partial charge in [0.15, 0.2) is 11.6 Å². The van der Waals surface area contributed by atoms with Crippen molar-refractivity contribution in [1.29, 1.82) is 0 Å². The molecule has 6 rings (SSSR count). The van der Waals surface area contributed by atoms with E-state index in [1.165, 1.54) is 61.9 Å². The third kappa shape index (κ3) is 10.8. The zero-order chi connectivity index (χ0) is 39.2. The average Bonchev–Trinajstić information content (AvgIpc) is 3.95. The van der Waals surface area contributed by atoms with Gasteiger partial charge in [-0.3, -0.25) is 0 Å². The van der Waals surface area contributed by atoms with Crippen LogP contribution in [0.5, 0.6) is 0 Å². The van der Waals surface area contributed by atoms with Crippen molar-refractivity contribution in [2.45, 2.75) is 84.5 Å². The lowest BCUT2D eigenvalue weighted by Gasteiger charge is -2.32. The lowest BCUT2D eigenvalue weighted by atomic mass is 9.84. The highest BCUT2D eigenvalue weighted by molar-refractivity contribution is 7.96.